The number of benzene rings is 2. The minimum Gasteiger partial charge on any atom is -0.357 e. The molecule has 0 radical (unpaired) electrons. The molecule has 0 aliphatic heterocycles. The van der Waals surface area contributed by atoms with Gasteiger partial charge in [-0.05, 0) is 44.4 Å². The van der Waals surface area contributed by atoms with Gasteiger partial charge < -0.3 is 10.6 Å². The predicted molar refractivity (Wildman–Crippen MR) is 92.7 cm³/mol. The number of hydrogen-bond acceptors (Lipinski definition) is 2. The molecule has 3 nitrogen and oxygen atoms in total. The van der Waals surface area contributed by atoms with Crippen LogP contribution in [0.15, 0.2) is 42.5 Å². The molecule has 0 saturated heterocycles. The molecule has 0 spiro atoms. The summed E-state index contributed by atoms with van der Waals surface area (Å²) in [5.74, 6) is 0.139. The van der Waals surface area contributed by atoms with Crippen LogP contribution in [0.3, 0.4) is 0 Å². The van der Waals surface area contributed by atoms with Crippen molar-refractivity contribution in [3.05, 3.63) is 42.5 Å². The van der Waals surface area contributed by atoms with E-state index < -0.39 is 0 Å². The number of hydrogen-bond donors (Lipinski definition) is 2. The Kier molecular flexibility index (Phi) is 4.58. The molecule has 0 heterocycles. The summed E-state index contributed by atoms with van der Waals surface area (Å²) in [7, 11) is 0. The van der Waals surface area contributed by atoms with Gasteiger partial charge in [-0.1, -0.05) is 36.4 Å². The lowest BCUT2D eigenvalue weighted by Crippen LogP contribution is -2.46. The molecular formula is C17H20N2OS. The Morgan fingerprint density at radius 1 is 1.14 bits per heavy atom. The summed E-state index contributed by atoms with van der Waals surface area (Å²) in [5.41, 5.74) is 0.602. The molecule has 0 aromatic heterocycles. The molecule has 4 heteroatoms. The highest BCUT2D eigenvalue weighted by atomic mass is 32.1. The van der Waals surface area contributed by atoms with Crippen molar-refractivity contribution in [2.75, 3.05) is 5.32 Å². The number of nitrogens with one attached hydrogen (secondary N) is 2. The van der Waals surface area contributed by atoms with E-state index in [0.717, 1.165) is 16.5 Å². The van der Waals surface area contributed by atoms with Gasteiger partial charge in [0.1, 0.15) is 5.78 Å². The highest BCUT2D eigenvalue weighted by Crippen LogP contribution is 2.23. The van der Waals surface area contributed by atoms with Crippen LogP contribution >= 0.6 is 12.2 Å². The maximum atomic E-state index is 11.3. The van der Waals surface area contributed by atoms with E-state index in [1.165, 1.54) is 0 Å². The fraction of sp³-hybridized carbons (Fsp3) is 0.294. The highest BCUT2D eigenvalue weighted by molar-refractivity contribution is 7.80. The zero-order chi connectivity index (χ0) is 15.5. The highest BCUT2D eigenvalue weighted by Gasteiger charge is 2.20. The van der Waals surface area contributed by atoms with Crippen molar-refractivity contribution >= 4 is 39.6 Å². The third-order valence-corrected chi connectivity index (χ3v) is 3.38. The third-order valence-electron chi connectivity index (χ3n) is 3.18. The van der Waals surface area contributed by atoms with E-state index in [1.807, 2.05) is 38.1 Å². The lowest BCUT2D eigenvalue weighted by molar-refractivity contribution is -0.118. The first-order valence-corrected chi connectivity index (χ1v) is 7.34. The first-order chi connectivity index (χ1) is 9.87. The molecule has 0 saturated carbocycles. The molecule has 0 bridgehead atoms. The molecule has 0 unspecified atom stereocenters. The van der Waals surface area contributed by atoms with Gasteiger partial charge in [-0.15, -0.1) is 0 Å². The van der Waals surface area contributed by atoms with Crippen molar-refractivity contribution in [2.45, 2.75) is 32.7 Å². The third kappa shape index (κ3) is 4.26. The number of thiocarbonyl (C=S) groups is 1. The molecule has 110 valence electrons. The second-order valence-electron chi connectivity index (χ2n) is 5.87. The second-order valence-corrected chi connectivity index (χ2v) is 6.28. The normalized spacial score (nSPS) is 11.2. The maximum absolute atomic E-state index is 11.3. The average molecular weight is 300 g/mol. The quantitative estimate of drug-likeness (QED) is 0.841. The maximum Gasteiger partial charge on any atom is 0.171 e. The SMILES string of the molecule is CC(=O)CC(C)(C)NC(=S)Nc1cccc2ccccc12. The van der Waals surface area contributed by atoms with Crippen LogP contribution in [0.2, 0.25) is 0 Å². The smallest absolute Gasteiger partial charge is 0.171 e. The average Bonchev–Trinajstić information content (AvgIpc) is 2.36. The summed E-state index contributed by atoms with van der Waals surface area (Å²) in [4.78, 5) is 11.3. The minimum absolute atomic E-state index is 0.139. The van der Waals surface area contributed by atoms with Crippen LogP contribution in [0.5, 0.6) is 0 Å². The van der Waals surface area contributed by atoms with Crippen molar-refractivity contribution < 1.29 is 4.79 Å². The molecule has 0 atom stereocenters. The molecule has 2 rings (SSSR count). The first kappa shape index (κ1) is 15.4. The van der Waals surface area contributed by atoms with E-state index in [1.54, 1.807) is 6.92 Å². The predicted octanol–water partition coefficient (Wildman–Crippen LogP) is 3.88. The monoisotopic (exact) mass is 300 g/mol. The van der Waals surface area contributed by atoms with E-state index in [4.69, 9.17) is 12.2 Å². The van der Waals surface area contributed by atoms with E-state index in [9.17, 15) is 4.79 Å². The molecule has 2 aromatic carbocycles. The zero-order valence-electron chi connectivity index (χ0n) is 12.6. The minimum atomic E-state index is -0.361. The molecule has 21 heavy (non-hydrogen) atoms. The van der Waals surface area contributed by atoms with Crippen molar-refractivity contribution in [2.24, 2.45) is 0 Å². The van der Waals surface area contributed by atoms with Crippen LogP contribution in [-0.2, 0) is 4.79 Å². The number of carbonyl (C=O) groups is 1. The largest absolute Gasteiger partial charge is 0.357 e. The number of ketones is 1. The van der Waals surface area contributed by atoms with Crippen LogP contribution in [0.25, 0.3) is 10.8 Å². The van der Waals surface area contributed by atoms with Gasteiger partial charge in [-0.25, -0.2) is 0 Å². The number of Topliss-reactive ketones (excluding diaryl/α,β-unsaturated/α-hetero) is 1. The van der Waals surface area contributed by atoms with Gasteiger partial charge in [0.05, 0.1) is 0 Å². The van der Waals surface area contributed by atoms with Gasteiger partial charge in [0.2, 0.25) is 0 Å². The number of carbonyl (C=O) groups excluding carboxylic acids is 1. The van der Waals surface area contributed by atoms with E-state index in [-0.39, 0.29) is 11.3 Å². The van der Waals surface area contributed by atoms with Crippen molar-refractivity contribution in [3.8, 4) is 0 Å². The van der Waals surface area contributed by atoms with Crippen LogP contribution in [0.4, 0.5) is 5.69 Å². The summed E-state index contributed by atoms with van der Waals surface area (Å²) in [5, 5.41) is 9.23. The van der Waals surface area contributed by atoms with Gasteiger partial charge in [-0.2, -0.15) is 0 Å². The molecule has 0 amide bonds. The van der Waals surface area contributed by atoms with Crippen molar-refractivity contribution in [1.29, 1.82) is 0 Å². The Hall–Kier alpha value is -1.94. The van der Waals surface area contributed by atoms with Crippen LogP contribution in [0, 0.1) is 0 Å². The molecule has 2 N–H and O–H groups in total. The fourth-order valence-electron chi connectivity index (χ4n) is 2.46. The lowest BCUT2D eigenvalue weighted by Gasteiger charge is -2.27. The Labute approximate surface area is 130 Å². The molecular weight excluding hydrogens is 280 g/mol. The molecule has 0 aliphatic carbocycles. The summed E-state index contributed by atoms with van der Waals surface area (Å²) in [6.45, 7) is 5.52. The zero-order valence-corrected chi connectivity index (χ0v) is 13.4. The van der Waals surface area contributed by atoms with E-state index >= 15 is 0 Å². The van der Waals surface area contributed by atoms with Crippen LogP contribution in [0.1, 0.15) is 27.2 Å². The number of rotatable bonds is 4. The Morgan fingerprint density at radius 2 is 1.81 bits per heavy atom. The molecule has 2 aromatic rings. The van der Waals surface area contributed by atoms with Crippen molar-refractivity contribution in [3.63, 3.8) is 0 Å². The number of fused-ring (bicyclic) bond motifs is 1. The van der Waals surface area contributed by atoms with Crippen LogP contribution < -0.4 is 10.6 Å². The van der Waals surface area contributed by atoms with Gasteiger partial charge in [0, 0.05) is 23.0 Å². The molecule has 0 fully saturated rings. The van der Waals surface area contributed by atoms with Gasteiger partial charge >= 0.3 is 0 Å². The Bertz CT molecular complexity index is 674. The van der Waals surface area contributed by atoms with E-state index in [2.05, 4.69) is 28.8 Å². The first-order valence-electron chi connectivity index (χ1n) is 6.94. The standard InChI is InChI=1S/C17H20N2OS/c1-12(20)11-17(2,3)19-16(21)18-15-10-6-8-13-7-4-5-9-14(13)15/h4-10H,11H2,1-3H3,(H2,18,19,21). The van der Waals surface area contributed by atoms with Crippen molar-refractivity contribution in [1.82, 2.24) is 5.32 Å². The summed E-state index contributed by atoms with van der Waals surface area (Å²) < 4.78 is 0. The topological polar surface area (TPSA) is 41.1 Å². The Morgan fingerprint density at radius 3 is 2.52 bits per heavy atom. The Balaban J connectivity index is 2.13. The van der Waals surface area contributed by atoms with E-state index in [0.29, 0.717) is 11.5 Å². The summed E-state index contributed by atoms with van der Waals surface area (Å²) in [6, 6.07) is 14.2. The summed E-state index contributed by atoms with van der Waals surface area (Å²) in [6.07, 6.45) is 0.435. The van der Waals surface area contributed by atoms with Gasteiger partial charge in [0.25, 0.3) is 0 Å². The number of anilines is 1. The summed E-state index contributed by atoms with van der Waals surface area (Å²) >= 11 is 5.37. The molecule has 0 aliphatic rings. The van der Waals surface area contributed by atoms with Gasteiger partial charge in [0.15, 0.2) is 5.11 Å². The second kappa shape index (κ2) is 6.22. The van der Waals surface area contributed by atoms with Gasteiger partial charge in [-0.3, -0.25) is 4.79 Å². The lowest BCUT2D eigenvalue weighted by atomic mass is 9.99. The van der Waals surface area contributed by atoms with Crippen LogP contribution in [-0.4, -0.2) is 16.4 Å². The fourth-order valence-corrected chi connectivity index (χ4v) is 2.85.